The number of rotatable bonds is 4. The highest BCUT2D eigenvalue weighted by molar-refractivity contribution is 6.31. The number of amides is 1. The average Bonchev–Trinajstić information content (AvgIpc) is 2.97. The molecule has 0 aliphatic rings. The quantitative estimate of drug-likeness (QED) is 0.760. The molecule has 0 radical (unpaired) electrons. The van der Waals surface area contributed by atoms with Crippen molar-refractivity contribution in [1.82, 2.24) is 20.3 Å². The van der Waals surface area contributed by atoms with Gasteiger partial charge in [0.2, 0.25) is 0 Å². The molecule has 124 valence electrons. The number of nitrogens with one attached hydrogen (secondary N) is 2. The van der Waals surface area contributed by atoms with E-state index in [1.165, 1.54) is 0 Å². The zero-order valence-electron chi connectivity index (χ0n) is 13.6. The Bertz CT molecular complexity index is 905. The van der Waals surface area contributed by atoms with Crippen LogP contribution >= 0.6 is 11.6 Å². The van der Waals surface area contributed by atoms with Crippen LogP contribution in [0.25, 0.3) is 22.4 Å². The van der Waals surface area contributed by atoms with Crippen LogP contribution in [0.2, 0.25) is 5.02 Å². The van der Waals surface area contributed by atoms with E-state index in [-0.39, 0.29) is 11.9 Å². The van der Waals surface area contributed by atoms with Crippen molar-refractivity contribution >= 4 is 28.7 Å². The Kier molecular flexibility index (Phi) is 4.40. The van der Waals surface area contributed by atoms with Crippen molar-refractivity contribution in [3.63, 3.8) is 0 Å². The van der Waals surface area contributed by atoms with E-state index in [1.807, 2.05) is 13.8 Å². The highest BCUT2D eigenvalue weighted by Crippen LogP contribution is 2.32. The molecule has 2 heterocycles. The molecule has 0 spiro atoms. The second kappa shape index (κ2) is 6.49. The number of hydrogen-bond donors (Lipinski definition) is 2. The molecular formula is C17H17ClN4O2. The largest absolute Gasteiger partial charge is 0.496 e. The van der Waals surface area contributed by atoms with E-state index >= 15 is 0 Å². The minimum atomic E-state index is -0.194. The number of carbonyl (C=O) groups excluding carboxylic acids is 1. The maximum Gasteiger partial charge on any atom is 0.255 e. The van der Waals surface area contributed by atoms with Crippen molar-refractivity contribution in [2.45, 2.75) is 19.9 Å². The fourth-order valence-corrected chi connectivity index (χ4v) is 2.59. The molecule has 2 aromatic heterocycles. The van der Waals surface area contributed by atoms with Gasteiger partial charge in [-0.3, -0.25) is 4.79 Å². The van der Waals surface area contributed by atoms with Gasteiger partial charge in [0.1, 0.15) is 11.3 Å². The van der Waals surface area contributed by atoms with Gasteiger partial charge in [0, 0.05) is 22.8 Å². The molecule has 0 saturated heterocycles. The van der Waals surface area contributed by atoms with Gasteiger partial charge in [-0.1, -0.05) is 11.6 Å². The van der Waals surface area contributed by atoms with Crippen LogP contribution in [0, 0.1) is 0 Å². The molecule has 0 bridgehead atoms. The number of carbonyl (C=O) groups is 1. The maximum absolute atomic E-state index is 12.3. The Hall–Kier alpha value is -2.60. The summed E-state index contributed by atoms with van der Waals surface area (Å²) in [6.45, 7) is 3.81. The van der Waals surface area contributed by atoms with Crippen molar-refractivity contribution < 1.29 is 9.53 Å². The van der Waals surface area contributed by atoms with Crippen molar-refractivity contribution in [3.05, 3.63) is 41.2 Å². The number of aromatic amines is 1. The summed E-state index contributed by atoms with van der Waals surface area (Å²) in [6, 6.07) is 5.31. The maximum atomic E-state index is 12.3. The minimum Gasteiger partial charge on any atom is -0.496 e. The summed E-state index contributed by atoms with van der Waals surface area (Å²) in [5, 5.41) is 3.42. The first kappa shape index (κ1) is 16.3. The minimum absolute atomic E-state index is 0.0339. The van der Waals surface area contributed by atoms with E-state index in [9.17, 15) is 4.79 Å². The first-order valence-electron chi connectivity index (χ1n) is 7.48. The Morgan fingerprint density at radius 1 is 1.38 bits per heavy atom. The molecule has 0 saturated carbocycles. The van der Waals surface area contributed by atoms with E-state index in [2.05, 4.69) is 20.3 Å². The lowest BCUT2D eigenvalue weighted by Gasteiger charge is -2.09. The summed E-state index contributed by atoms with van der Waals surface area (Å²) in [6.07, 6.45) is 3.23. The molecule has 2 N–H and O–H groups in total. The second-order valence-corrected chi connectivity index (χ2v) is 6.06. The van der Waals surface area contributed by atoms with Crippen LogP contribution in [0.4, 0.5) is 0 Å². The van der Waals surface area contributed by atoms with Crippen LogP contribution in [-0.4, -0.2) is 34.0 Å². The molecule has 0 fully saturated rings. The number of benzene rings is 1. The number of ether oxygens (including phenoxy) is 1. The second-order valence-electron chi connectivity index (χ2n) is 5.63. The smallest absolute Gasteiger partial charge is 0.255 e. The van der Waals surface area contributed by atoms with Crippen LogP contribution in [0.5, 0.6) is 5.75 Å². The number of aromatic nitrogens is 3. The number of H-pyrrole nitrogens is 1. The molecule has 0 atom stereocenters. The highest BCUT2D eigenvalue weighted by atomic mass is 35.5. The Morgan fingerprint density at radius 2 is 2.17 bits per heavy atom. The molecule has 0 unspecified atom stereocenters. The Balaban J connectivity index is 2.11. The van der Waals surface area contributed by atoms with E-state index < -0.39 is 0 Å². The molecule has 1 aromatic carbocycles. The van der Waals surface area contributed by atoms with Gasteiger partial charge in [-0.2, -0.15) is 0 Å². The summed E-state index contributed by atoms with van der Waals surface area (Å²) >= 11 is 6.09. The van der Waals surface area contributed by atoms with E-state index in [4.69, 9.17) is 16.3 Å². The van der Waals surface area contributed by atoms with E-state index in [0.29, 0.717) is 33.2 Å². The Morgan fingerprint density at radius 3 is 2.88 bits per heavy atom. The molecule has 1 amide bonds. The summed E-state index contributed by atoms with van der Waals surface area (Å²) in [4.78, 5) is 24.2. The monoisotopic (exact) mass is 344 g/mol. The molecule has 0 aliphatic carbocycles. The Labute approximate surface area is 144 Å². The highest BCUT2D eigenvalue weighted by Gasteiger charge is 2.17. The summed E-state index contributed by atoms with van der Waals surface area (Å²) < 4.78 is 5.37. The molecular weight excluding hydrogens is 328 g/mol. The molecule has 0 aliphatic heterocycles. The van der Waals surface area contributed by atoms with Gasteiger partial charge in [-0.05, 0) is 32.0 Å². The molecule has 6 nitrogen and oxygen atoms in total. The first-order valence-corrected chi connectivity index (χ1v) is 7.86. The number of halogens is 1. The fourth-order valence-electron chi connectivity index (χ4n) is 2.41. The van der Waals surface area contributed by atoms with Gasteiger partial charge in [-0.15, -0.1) is 0 Å². The van der Waals surface area contributed by atoms with Crippen molar-refractivity contribution in [1.29, 1.82) is 0 Å². The summed E-state index contributed by atoms with van der Waals surface area (Å²) in [5.74, 6) is 0.442. The van der Waals surface area contributed by atoms with Crippen LogP contribution in [0.3, 0.4) is 0 Å². The van der Waals surface area contributed by atoms with E-state index in [1.54, 1.807) is 37.7 Å². The van der Waals surface area contributed by atoms with Crippen LogP contribution in [0.15, 0.2) is 30.6 Å². The van der Waals surface area contributed by atoms with Crippen molar-refractivity contribution in [3.8, 4) is 17.0 Å². The van der Waals surface area contributed by atoms with Crippen molar-refractivity contribution in [2.24, 2.45) is 0 Å². The predicted molar refractivity (Wildman–Crippen MR) is 93.5 cm³/mol. The zero-order chi connectivity index (χ0) is 17.3. The van der Waals surface area contributed by atoms with Gasteiger partial charge in [0.15, 0.2) is 5.65 Å². The molecule has 3 rings (SSSR count). The van der Waals surface area contributed by atoms with Crippen LogP contribution in [0.1, 0.15) is 24.2 Å². The number of fused-ring (bicyclic) bond motifs is 1. The third-order valence-corrected chi connectivity index (χ3v) is 3.72. The third kappa shape index (κ3) is 3.05. The summed E-state index contributed by atoms with van der Waals surface area (Å²) in [5.41, 5.74) is 2.81. The SMILES string of the molecule is COc1ccc(Cl)cc1-c1cnc2[nH]cc(C(=O)NC(C)C)c2n1. The van der Waals surface area contributed by atoms with Gasteiger partial charge >= 0.3 is 0 Å². The lowest BCUT2D eigenvalue weighted by molar-refractivity contribution is 0.0944. The van der Waals surface area contributed by atoms with E-state index in [0.717, 1.165) is 5.56 Å². The molecule has 7 heteroatoms. The topological polar surface area (TPSA) is 79.9 Å². The number of hydrogen-bond acceptors (Lipinski definition) is 4. The van der Waals surface area contributed by atoms with Gasteiger partial charge in [0.05, 0.1) is 24.6 Å². The van der Waals surface area contributed by atoms with Gasteiger partial charge in [-0.25, -0.2) is 9.97 Å². The standard InChI is InChI=1S/C17H17ClN4O2/c1-9(2)21-17(23)12-7-19-16-15(12)22-13(8-20-16)11-6-10(18)4-5-14(11)24-3/h4-9H,1-3H3,(H,19,20)(H,21,23). The van der Waals surface area contributed by atoms with Gasteiger partial charge < -0.3 is 15.0 Å². The van der Waals surface area contributed by atoms with Crippen LogP contribution in [-0.2, 0) is 0 Å². The zero-order valence-corrected chi connectivity index (χ0v) is 14.3. The summed E-state index contributed by atoms with van der Waals surface area (Å²) in [7, 11) is 1.58. The predicted octanol–water partition coefficient (Wildman–Crippen LogP) is 3.43. The molecule has 3 aromatic rings. The lowest BCUT2D eigenvalue weighted by atomic mass is 10.1. The fraction of sp³-hybridized carbons (Fsp3) is 0.235. The number of nitrogens with zero attached hydrogens (tertiary/aromatic N) is 2. The average molecular weight is 345 g/mol. The normalized spacial score (nSPS) is 11.0. The lowest BCUT2D eigenvalue weighted by Crippen LogP contribution is -2.29. The first-order chi connectivity index (χ1) is 11.5. The van der Waals surface area contributed by atoms with Gasteiger partial charge in [0.25, 0.3) is 5.91 Å². The molecule has 24 heavy (non-hydrogen) atoms. The number of methoxy groups -OCH3 is 1. The third-order valence-electron chi connectivity index (χ3n) is 3.48. The van der Waals surface area contributed by atoms with Crippen molar-refractivity contribution in [2.75, 3.05) is 7.11 Å². The van der Waals surface area contributed by atoms with Crippen LogP contribution < -0.4 is 10.1 Å².